The van der Waals surface area contributed by atoms with Crippen molar-refractivity contribution < 1.29 is 13.2 Å². The summed E-state index contributed by atoms with van der Waals surface area (Å²) in [5.74, 6) is -0.268. The van der Waals surface area contributed by atoms with Crippen LogP contribution < -0.4 is 4.90 Å². The van der Waals surface area contributed by atoms with Crippen molar-refractivity contribution in [2.45, 2.75) is 11.4 Å². The first-order valence-electron chi connectivity index (χ1n) is 11.3. The molecule has 3 aromatic rings. The van der Waals surface area contributed by atoms with Crippen molar-refractivity contribution in [3.05, 3.63) is 109 Å². The molecule has 1 amide bonds. The molecule has 34 heavy (non-hydrogen) atoms. The molecule has 6 nitrogen and oxygen atoms in total. The van der Waals surface area contributed by atoms with E-state index in [9.17, 15) is 13.2 Å². The highest BCUT2D eigenvalue weighted by Crippen LogP contribution is 2.22. The number of para-hydroxylation sites is 1. The molecule has 1 aliphatic heterocycles. The number of hydrogen-bond donors (Lipinski definition) is 0. The topological polar surface area (TPSA) is 60.9 Å². The molecule has 176 valence electrons. The minimum absolute atomic E-state index is 0.140. The summed E-state index contributed by atoms with van der Waals surface area (Å²) < 4.78 is 28.2. The number of amides is 1. The first-order chi connectivity index (χ1) is 16.5. The second kappa shape index (κ2) is 10.8. The van der Waals surface area contributed by atoms with Crippen LogP contribution in [0.25, 0.3) is 0 Å². The molecule has 1 aliphatic rings. The molecule has 0 saturated carbocycles. The van der Waals surface area contributed by atoms with E-state index in [4.69, 9.17) is 0 Å². The van der Waals surface area contributed by atoms with E-state index >= 15 is 0 Å². The summed E-state index contributed by atoms with van der Waals surface area (Å²) >= 11 is 0. The van der Waals surface area contributed by atoms with Crippen molar-refractivity contribution in [3.63, 3.8) is 0 Å². The molecule has 0 spiro atoms. The van der Waals surface area contributed by atoms with E-state index in [0.29, 0.717) is 38.3 Å². The van der Waals surface area contributed by atoms with E-state index in [1.54, 1.807) is 29.2 Å². The Labute approximate surface area is 201 Å². The molecule has 3 aromatic carbocycles. The maximum absolute atomic E-state index is 13.4. The Hall–Kier alpha value is -3.26. The van der Waals surface area contributed by atoms with Gasteiger partial charge in [-0.05, 0) is 35.9 Å². The molecule has 0 bridgehead atoms. The summed E-state index contributed by atoms with van der Waals surface area (Å²) in [5.41, 5.74) is 2.28. The van der Waals surface area contributed by atoms with Crippen LogP contribution in [0.1, 0.15) is 15.9 Å². The van der Waals surface area contributed by atoms with Gasteiger partial charge >= 0.3 is 0 Å². The van der Waals surface area contributed by atoms with Gasteiger partial charge in [0.2, 0.25) is 10.0 Å². The minimum atomic E-state index is -3.70. The van der Waals surface area contributed by atoms with Crippen molar-refractivity contribution in [2.24, 2.45) is 0 Å². The maximum atomic E-state index is 13.4. The van der Waals surface area contributed by atoms with Crippen LogP contribution in [0.5, 0.6) is 0 Å². The highest BCUT2D eigenvalue weighted by atomic mass is 32.2. The molecule has 1 saturated heterocycles. The summed E-state index contributed by atoms with van der Waals surface area (Å²) in [7, 11) is -3.70. The molecule has 0 radical (unpaired) electrons. The number of hydrogen-bond acceptors (Lipinski definition) is 4. The van der Waals surface area contributed by atoms with Gasteiger partial charge in [-0.25, -0.2) is 8.42 Å². The van der Waals surface area contributed by atoms with Gasteiger partial charge in [-0.2, -0.15) is 4.31 Å². The van der Waals surface area contributed by atoms with Crippen LogP contribution in [0.15, 0.2) is 102 Å². The Kier molecular flexibility index (Phi) is 7.57. The number of anilines is 1. The lowest BCUT2D eigenvalue weighted by Crippen LogP contribution is -2.48. The Morgan fingerprint density at radius 1 is 0.882 bits per heavy atom. The van der Waals surface area contributed by atoms with Gasteiger partial charge in [-0.15, -0.1) is 6.58 Å². The average Bonchev–Trinajstić information content (AvgIpc) is 2.88. The van der Waals surface area contributed by atoms with Gasteiger partial charge in [-0.1, -0.05) is 60.7 Å². The number of rotatable bonds is 8. The summed E-state index contributed by atoms with van der Waals surface area (Å²) in [6, 6.07) is 25.8. The molecule has 1 heterocycles. The monoisotopic (exact) mass is 475 g/mol. The lowest BCUT2D eigenvalue weighted by Gasteiger charge is -2.34. The Bertz CT molecular complexity index is 1220. The molecule has 4 rings (SSSR count). The van der Waals surface area contributed by atoms with E-state index in [1.165, 1.54) is 15.9 Å². The van der Waals surface area contributed by atoms with Crippen LogP contribution in [-0.4, -0.2) is 56.3 Å². The number of carbonyl (C=O) groups excluding carboxylic acids is 1. The second-order valence-corrected chi connectivity index (χ2v) is 10.2. The quantitative estimate of drug-likeness (QED) is 0.462. The highest BCUT2D eigenvalue weighted by Gasteiger charge is 2.29. The minimum Gasteiger partial charge on any atom is -0.305 e. The fraction of sp³-hybridized carbons (Fsp3) is 0.222. The zero-order valence-electron chi connectivity index (χ0n) is 19.1. The summed E-state index contributed by atoms with van der Waals surface area (Å²) in [6.45, 7) is 7.03. The fourth-order valence-corrected chi connectivity index (χ4v) is 5.58. The van der Waals surface area contributed by atoms with E-state index in [-0.39, 0.29) is 10.8 Å². The van der Waals surface area contributed by atoms with Gasteiger partial charge < -0.3 is 4.90 Å². The van der Waals surface area contributed by atoms with E-state index in [1.807, 2.05) is 48.5 Å². The lowest BCUT2D eigenvalue weighted by atomic mass is 10.1. The SMILES string of the molecule is C=CCN(C(=O)c1cccc(S(=O)(=O)N2CCN(Cc3ccccc3)CC2)c1)c1ccccc1. The van der Waals surface area contributed by atoms with Gasteiger partial charge in [0.1, 0.15) is 0 Å². The first kappa shape index (κ1) is 23.9. The normalized spacial score (nSPS) is 15.1. The van der Waals surface area contributed by atoms with Crippen molar-refractivity contribution in [1.82, 2.24) is 9.21 Å². The molecule has 0 aromatic heterocycles. The summed E-state index contributed by atoms with van der Waals surface area (Å²) in [5, 5.41) is 0. The van der Waals surface area contributed by atoms with Gasteiger partial charge in [0.25, 0.3) is 5.91 Å². The van der Waals surface area contributed by atoms with Crippen molar-refractivity contribution in [1.29, 1.82) is 0 Å². The van der Waals surface area contributed by atoms with Crippen molar-refractivity contribution >= 4 is 21.6 Å². The van der Waals surface area contributed by atoms with E-state index in [0.717, 1.165) is 12.2 Å². The van der Waals surface area contributed by atoms with Gasteiger partial charge in [-0.3, -0.25) is 9.69 Å². The van der Waals surface area contributed by atoms with Crippen molar-refractivity contribution in [3.8, 4) is 0 Å². The zero-order chi connectivity index (χ0) is 24.0. The number of piperazine rings is 1. The first-order valence-corrected chi connectivity index (χ1v) is 12.8. The third-order valence-electron chi connectivity index (χ3n) is 5.92. The maximum Gasteiger partial charge on any atom is 0.258 e. The second-order valence-electron chi connectivity index (χ2n) is 8.23. The lowest BCUT2D eigenvalue weighted by molar-refractivity contribution is 0.0989. The smallest absolute Gasteiger partial charge is 0.258 e. The molecule has 0 atom stereocenters. The van der Waals surface area contributed by atoms with Crippen LogP contribution in [0.4, 0.5) is 5.69 Å². The predicted molar refractivity (Wildman–Crippen MR) is 135 cm³/mol. The molecule has 7 heteroatoms. The summed E-state index contributed by atoms with van der Waals surface area (Å²) in [4.78, 5) is 17.3. The Morgan fingerprint density at radius 2 is 1.53 bits per heavy atom. The Morgan fingerprint density at radius 3 is 2.18 bits per heavy atom. The van der Waals surface area contributed by atoms with Crippen LogP contribution in [0, 0.1) is 0 Å². The van der Waals surface area contributed by atoms with Crippen LogP contribution in [0.2, 0.25) is 0 Å². The number of carbonyl (C=O) groups is 1. The fourth-order valence-electron chi connectivity index (χ4n) is 4.11. The standard InChI is InChI=1S/C27H29N3O3S/c1-2-16-30(25-13-7-4-8-14-25)27(31)24-12-9-15-26(21-24)34(32,33)29-19-17-28(18-20-29)22-23-10-5-3-6-11-23/h2-15,21H,1,16-20,22H2. The molecule has 0 aliphatic carbocycles. The van der Waals surface area contributed by atoms with Gasteiger partial charge in [0.15, 0.2) is 0 Å². The number of sulfonamides is 1. The third kappa shape index (κ3) is 5.44. The van der Waals surface area contributed by atoms with Crippen LogP contribution in [0.3, 0.4) is 0 Å². The van der Waals surface area contributed by atoms with Crippen LogP contribution >= 0.6 is 0 Å². The number of benzene rings is 3. The third-order valence-corrected chi connectivity index (χ3v) is 7.82. The largest absolute Gasteiger partial charge is 0.305 e. The predicted octanol–water partition coefficient (Wildman–Crippen LogP) is 4.03. The molecule has 0 N–H and O–H groups in total. The van der Waals surface area contributed by atoms with Crippen molar-refractivity contribution in [2.75, 3.05) is 37.6 Å². The average molecular weight is 476 g/mol. The summed E-state index contributed by atoms with van der Waals surface area (Å²) in [6.07, 6.45) is 1.65. The van der Waals surface area contributed by atoms with Gasteiger partial charge in [0, 0.05) is 50.5 Å². The molecule has 0 unspecified atom stereocenters. The number of nitrogens with zero attached hydrogens (tertiary/aromatic N) is 3. The highest BCUT2D eigenvalue weighted by molar-refractivity contribution is 7.89. The van der Waals surface area contributed by atoms with Crippen LogP contribution in [-0.2, 0) is 16.6 Å². The molecular weight excluding hydrogens is 446 g/mol. The molecule has 1 fully saturated rings. The molecular formula is C27H29N3O3S. The van der Waals surface area contributed by atoms with Gasteiger partial charge in [0.05, 0.1) is 4.90 Å². The van der Waals surface area contributed by atoms with E-state index < -0.39 is 10.0 Å². The zero-order valence-corrected chi connectivity index (χ0v) is 19.9. The Balaban J connectivity index is 1.48. The van der Waals surface area contributed by atoms with E-state index in [2.05, 4.69) is 23.6 Å².